The lowest BCUT2D eigenvalue weighted by Gasteiger charge is -2.18. The van der Waals surface area contributed by atoms with Gasteiger partial charge in [-0.2, -0.15) is 0 Å². The van der Waals surface area contributed by atoms with E-state index in [9.17, 15) is 9.59 Å². The van der Waals surface area contributed by atoms with Crippen LogP contribution in [0.2, 0.25) is 0 Å². The minimum absolute atomic E-state index is 0.0228. The zero-order chi connectivity index (χ0) is 11.0. The highest BCUT2D eigenvalue weighted by molar-refractivity contribution is 5.77. The van der Waals surface area contributed by atoms with E-state index >= 15 is 0 Å². The third-order valence-electron chi connectivity index (χ3n) is 2.10. The Morgan fingerprint density at radius 1 is 1.36 bits per heavy atom. The van der Waals surface area contributed by atoms with Crippen molar-refractivity contribution in [3.05, 3.63) is 0 Å². The molecule has 4 heteroatoms. The molecule has 0 spiro atoms. The van der Waals surface area contributed by atoms with Gasteiger partial charge in [0.05, 0.1) is 6.54 Å². The van der Waals surface area contributed by atoms with Crippen LogP contribution in [0.25, 0.3) is 0 Å². The number of ketones is 1. The van der Waals surface area contributed by atoms with Crippen molar-refractivity contribution in [2.24, 2.45) is 0 Å². The van der Waals surface area contributed by atoms with Crippen molar-refractivity contribution < 1.29 is 9.59 Å². The summed E-state index contributed by atoms with van der Waals surface area (Å²) in [6.45, 7) is 5.67. The molecule has 82 valence electrons. The predicted molar refractivity (Wildman–Crippen MR) is 56.1 cm³/mol. The van der Waals surface area contributed by atoms with E-state index in [0.29, 0.717) is 13.0 Å². The second-order valence-corrected chi connectivity index (χ2v) is 3.35. The number of hydrogen-bond acceptors (Lipinski definition) is 3. The summed E-state index contributed by atoms with van der Waals surface area (Å²) in [5.41, 5.74) is 0. The van der Waals surface area contributed by atoms with E-state index in [-0.39, 0.29) is 11.7 Å². The summed E-state index contributed by atoms with van der Waals surface area (Å²) in [6, 6.07) is 0. The molecule has 0 atom stereocenters. The van der Waals surface area contributed by atoms with Crippen molar-refractivity contribution in [3.8, 4) is 0 Å². The van der Waals surface area contributed by atoms with Crippen molar-refractivity contribution in [2.45, 2.75) is 26.7 Å². The van der Waals surface area contributed by atoms with Crippen molar-refractivity contribution in [1.29, 1.82) is 0 Å². The topological polar surface area (TPSA) is 49.4 Å². The Balaban J connectivity index is 3.68. The molecule has 4 nitrogen and oxygen atoms in total. The standard InChI is InChI=1S/C10H20N2O2/c1-4-12(8-10(14)11-3)7-5-6-9(2)13/h4-8H2,1-3H3,(H,11,14). The summed E-state index contributed by atoms with van der Waals surface area (Å²) in [5.74, 6) is 0.232. The van der Waals surface area contributed by atoms with E-state index in [0.717, 1.165) is 19.5 Å². The number of carbonyl (C=O) groups is 2. The van der Waals surface area contributed by atoms with Gasteiger partial charge in [-0.15, -0.1) is 0 Å². The number of carbonyl (C=O) groups excluding carboxylic acids is 2. The second-order valence-electron chi connectivity index (χ2n) is 3.35. The summed E-state index contributed by atoms with van der Waals surface area (Å²) in [5, 5.41) is 2.58. The Hall–Kier alpha value is -0.900. The van der Waals surface area contributed by atoms with Gasteiger partial charge in [-0.1, -0.05) is 6.92 Å². The molecule has 0 aromatic heterocycles. The Morgan fingerprint density at radius 2 is 2.00 bits per heavy atom. The second kappa shape index (κ2) is 7.50. The van der Waals surface area contributed by atoms with E-state index < -0.39 is 0 Å². The van der Waals surface area contributed by atoms with Crippen molar-refractivity contribution in [1.82, 2.24) is 10.2 Å². The number of hydrogen-bond donors (Lipinski definition) is 1. The minimum atomic E-state index is 0.0228. The molecule has 0 aliphatic rings. The molecule has 0 aliphatic heterocycles. The molecule has 1 N–H and O–H groups in total. The number of nitrogens with zero attached hydrogens (tertiary/aromatic N) is 1. The van der Waals surface area contributed by atoms with Gasteiger partial charge in [-0.25, -0.2) is 0 Å². The van der Waals surface area contributed by atoms with E-state index in [1.165, 1.54) is 0 Å². The van der Waals surface area contributed by atoms with Crippen LogP contribution < -0.4 is 5.32 Å². The largest absolute Gasteiger partial charge is 0.358 e. The molecule has 0 bridgehead atoms. The van der Waals surface area contributed by atoms with Gasteiger partial charge in [0.25, 0.3) is 0 Å². The van der Waals surface area contributed by atoms with Gasteiger partial charge >= 0.3 is 0 Å². The highest BCUT2D eigenvalue weighted by Crippen LogP contribution is 1.95. The molecule has 0 rings (SSSR count). The number of amides is 1. The van der Waals surface area contributed by atoms with Crippen LogP contribution in [0.1, 0.15) is 26.7 Å². The Kier molecular flexibility index (Phi) is 7.02. The van der Waals surface area contributed by atoms with Crippen LogP contribution in [0.15, 0.2) is 0 Å². The number of Topliss-reactive ketones (excluding diaryl/α,β-unsaturated/α-hetero) is 1. The Labute approximate surface area is 85.7 Å². The lowest BCUT2D eigenvalue weighted by Crippen LogP contribution is -2.36. The summed E-state index contributed by atoms with van der Waals surface area (Å²) in [6.07, 6.45) is 1.43. The van der Waals surface area contributed by atoms with Crippen molar-refractivity contribution >= 4 is 11.7 Å². The zero-order valence-electron chi connectivity index (χ0n) is 9.30. The molecule has 0 aliphatic carbocycles. The minimum Gasteiger partial charge on any atom is -0.358 e. The molecule has 0 heterocycles. The maximum atomic E-state index is 11.1. The molecular formula is C10H20N2O2. The first-order valence-corrected chi connectivity index (χ1v) is 5.02. The van der Waals surface area contributed by atoms with Crippen molar-refractivity contribution in [3.63, 3.8) is 0 Å². The summed E-state index contributed by atoms with van der Waals surface area (Å²) >= 11 is 0. The van der Waals surface area contributed by atoms with E-state index in [1.807, 2.05) is 11.8 Å². The van der Waals surface area contributed by atoms with E-state index in [4.69, 9.17) is 0 Å². The molecule has 0 radical (unpaired) electrons. The normalized spacial score (nSPS) is 10.3. The number of rotatable bonds is 7. The number of likely N-dealkylation sites (N-methyl/N-ethyl adjacent to an activating group) is 2. The molecule has 1 amide bonds. The summed E-state index contributed by atoms with van der Waals surface area (Å²) < 4.78 is 0. The van der Waals surface area contributed by atoms with Gasteiger partial charge in [0.2, 0.25) is 5.91 Å². The quantitative estimate of drug-likeness (QED) is 0.648. The molecule has 14 heavy (non-hydrogen) atoms. The fourth-order valence-electron chi connectivity index (χ4n) is 1.18. The van der Waals surface area contributed by atoms with Gasteiger partial charge in [-0.05, 0) is 26.4 Å². The average molecular weight is 200 g/mol. The van der Waals surface area contributed by atoms with Crippen LogP contribution in [0.3, 0.4) is 0 Å². The predicted octanol–water partition coefficient (Wildman–Crippen LogP) is 0.424. The molecule has 0 aromatic carbocycles. The molecule has 0 aromatic rings. The zero-order valence-corrected chi connectivity index (χ0v) is 9.30. The highest BCUT2D eigenvalue weighted by atomic mass is 16.2. The molecule has 0 fully saturated rings. The molecule has 0 saturated carbocycles. The van der Waals surface area contributed by atoms with Gasteiger partial charge in [0.15, 0.2) is 0 Å². The Morgan fingerprint density at radius 3 is 2.43 bits per heavy atom. The lowest BCUT2D eigenvalue weighted by atomic mass is 10.2. The van der Waals surface area contributed by atoms with Crippen LogP contribution in [0.4, 0.5) is 0 Å². The lowest BCUT2D eigenvalue weighted by molar-refractivity contribution is -0.121. The van der Waals surface area contributed by atoms with Crippen LogP contribution in [-0.2, 0) is 9.59 Å². The third-order valence-corrected chi connectivity index (χ3v) is 2.10. The maximum Gasteiger partial charge on any atom is 0.233 e. The molecule has 0 saturated heterocycles. The number of nitrogens with one attached hydrogen (secondary N) is 1. The van der Waals surface area contributed by atoms with Gasteiger partial charge < -0.3 is 10.1 Å². The first-order valence-electron chi connectivity index (χ1n) is 5.02. The third kappa shape index (κ3) is 6.60. The van der Waals surface area contributed by atoms with E-state index in [1.54, 1.807) is 14.0 Å². The van der Waals surface area contributed by atoms with Crippen LogP contribution >= 0.6 is 0 Å². The average Bonchev–Trinajstić information content (AvgIpc) is 2.15. The summed E-state index contributed by atoms with van der Waals surface area (Å²) in [4.78, 5) is 23.8. The monoisotopic (exact) mass is 200 g/mol. The SMILES string of the molecule is CCN(CCCC(C)=O)CC(=O)NC. The van der Waals surface area contributed by atoms with Crippen LogP contribution in [0, 0.1) is 0 Å². The highest BCUT2D eigenvalue weighted by Gasteiger charge is 2.07. The van der Waals surface area contributed by atoms with Crippen molar-refractivity contribution in [2.75, 3.05) is 26.7 Å². The van der Waals surface area contributed by atoms with E-state index in [2.05, 4.69) is 5.32 Å². The van der Waals surface area contributed by atoms with Gasteiger partial charge in [-0.3, -0.25) is 9.69 Å². The molecular weight excluding hydrogens is 180 g/mol. The fraction of sp³-hybridized carbons (Fsp3) is 0.800. The maximum absolute atomic E-state index is 11.1. The first-order chi connectivity index (χ1) is 6.60. The first kappa shape index (κ1) is 13.1. The summed E-state index contributed by atoms with van der Waals surface area (Å²) in [7, 11) is 1.63. The van der Waals surface area contributed by atoms with Gasteiger partial charge in [0, 0.05) is 13.5 Å². The Bertz CT molecular complexity index is 193. The van der Waals surface area contributed by atoms with Crippen LogP contribution in [-0.4, -0.2) is 43.3 Å². The smallest absolute Gasteiger partial charge is 0.233 e. The fourth-order valence-corrected chi connectivity index (χ4v) is 1.18. The van der Waals surface area contributed by atoms with Crippen LogP contribution in [0.5, 0.6) is 0 Å². The van der Waals surface area contributed by atoms with Gasteiger partial charge in [0.1, 0.15) is 5.78 Å². The molecule has 0 unspecified atom stereocenters.